The lowest BCUT2D eigenvalue weighted by molar-refractivity contribution is -0.331. The van der Waals surface area contributed by atoms with E-state index in [0.29, 0.717) is 18.4 Å². The first-order valence-corrected chi connectivity index (χ1v) is 13.2. The van der Waals surface area contributed by atoms with Crippen LogP contribution in [-0.2, 0) is 23.7 Å². The van der Waals surface area contributed by atoms with Gasteiger partial charge in [0.05, 0.1) is 24.4 Å². The quantitative estimate of drug-likeness (QED) is 0.261. The normalized spacial score (nSPS) is 50.6. The molecule has 2 saturated carbocycles. The second-order valence-corrected chi connectivity index (χ2v) is 12.1. The van der Waals surface area contributed by atoms with Crippen molar-refractivity contribution in [3.8, 4) is 0 Å². The topological polar surface area (TPSA) is 155 Å². The minimum absolute atomic E-state index is 0.0146. The van der Waals surface area contributed by atoms with E-state index in [0.717, 1.165) is 19.3 Å². The molecular weight excluding hydrogens is 472 g/mol. The first-order valence-electron chi connectivity index (χ1n) is 13.2. The number of cyclic esters (lactones) is 1. The number of carbonyl (C=O) groups is 1. The highest BCUT2D eigenvalue weighted by Crippen LogP contribution is 2.64. The van der Waals surface area contributed by atoms with Crippen LogP contribution < -0.4 is 0 Å². The molecule has 0 aromatic rings. The molecule has 10 heteroatoms. The molecule has 2 aliphatic carbocycles. The zero-order chi connectivity index (χ0) is 26.0. The van der Waals surface area contributed by atoms with Crippen molar-refractivity contribution >= 4 is 5.97 Å². The van der Waals surface area contributed by atoms with Gasteiger partial charge < -0.3 is 44.5 Å². The van der Waals surface area contributed by atoms with Crippen molar-refractivity contribution < 1.29 is 49.3 Å². The molecule has 0 unspecified atom stereocenters. The van der Waals surface area contributed by atoms with E-state index in [4.69, 9.17) is 18.9 Å². The molecule has 0 aromatic heterocycles. The molecule has 2 saturated heterocycles. The highest BCUT2D eigenvalue weighted by Gasteiger charge is 2.61. The summed E-state index contributed by atoms with van der Waals surface area (Å²) in [6.07, 6.45) is -2.71. The van der Waals surface area contributed by atoms with E-state index in [1.54, 1.807) is 6.08 Å². The molecule has 10 nitrogen and oxygen atoms in total. The number of hydrogen-bond donors (Lipinski definition) is 5. The summed E-state index contributed by atoms with van der Waals surface area (Å²) >= 11 is 0. The van der Waals surface area contributed by atoms with Crippen LogP contribution in [-0.4, -0.2) is 93.9 Å². The Morgan fingerprint density at radius 2 is 1.78 bits per heavy atom. The van der Waals surface area contributed by atoms with Crippen LogP contribution in [0.25, 0.3) is 0 Å². The van der Waals surface area contributed by atoms with E-state index in [9.17, 15) is 30.3 Å². The zero-order valence-electron chi connectivity index (χ0n) is 21.2. The van der Waals surface area contributed by atoms with E-state index in [1.165, 1.54) is 0 Å². The van der Waals surface area contributed by atoms with Gasteiger partial charge in [-0.1, -0.05) is 20.8 Å². The van der Waals surface area contributed by atoms with Crippen LogP contribution in [0.15, 0.2) is 11.6 Å². The van der Waals surface area contributed by atoms with Crippen molar-refractivity contribution in [1.82, 2.24) is 0 Å². The number of ether oxygens (including phenoxy) is 4. The summed E-state index contributed by atoms with van der Waals surface area (Å²) in [6.45, 7) is 6.30. The third-order valence-electron chi connectivity index (χ3n) is 10.0. The van der Waals surface area contributed by atoms with Crippen LogP contribution in [0.2, 0.25) is 0 Å². The standard InChI is InChI=1S/C26H40O10/c1-25(2)17-5-4-12-14(10-15(34-23(12)32)13-7-9-33-22(13)31)26(17,3)8-6-18(25)36-24-21(30)20(29)19(28)16(11-27)35-24/h7,12,14-21,23-24,27-30,32H,4-6,8-11H2,1-3H3/t12-,14+,15+,16-,17+,18+,19-,20+,21-,23-,24+,26-/m1/s1. The van der Waals surface area contributed by atoms with Crippen molar-refractivity contribution in [1.29, 1.82) is 0 Å². The van der Waals surface area contributed by atoms with Gasteiger partial charge in [0.2, 0.25) is 0 Å². The number of hydrogen-bond acceptors (Lipinski definition) is 10. The Morgan fingerprint density at radius 3 is 2.44 bits per heavy atom. The molecule has 0 bridgehead atoms. The minimum atomic E-state index is -1.48. The molecule has 36 heavy (non-hydrogen) atoms. The minimum Gasteiger partial charge on any atom is -0.458 e. The molecule has 5 N–H and O–H groups in total. The van der Waals surface area contributed by atoms with Crippen molar-refractivity contribution in [2.45, 2.75) is 102 Å². The zero-order valence-corrected chi connectivity index (χ0v) is 21.2. The molecule has 0 amide bonds. The van der Waals surface area contributed by atoms with Gasteiger partial charge in [-0.25, -0.2) is 4.79 Å². The Morgan fingerprint density at radius 1 is 1.03 bits per heavy atom. The second-order valence-electron chi connectivity index (χ2n) is 12.1. The molecule has 4 fully saturated rings. The van der Waals surface area contributed by atoms with E-state index < -0.39 is 49.7 Å². The average molecular weight is 513 g/mol. The van der Waals surface area contributed by atoms with Gasteiger partial charge in [0.15, 0.2) is 12.6 Å². The van der Waals surface area contributed by atoms with E-state index >= 15 is 0 Å². The number of fused-ring (bicyclic) bond motifs is 3. The Bertz CT molecular complexity index is 873. The fourth-order valence-corrected chi connectivity index (χ4v) is 8.02. The van der Waals surface area contributed by atoms with Crippen LogP contribution in [0.3, 0.4) is 0 Å². The predicted octanol–water partition coefficient (Wildman–Crippen LogP) is 0.231. The van der Waals surface area contributed by atoms with Crippen molar-refractivity contribution in [3.05, 3.63) is 11.6 Å². The van der Waals surface area contributed by atoms with Crippen LogP contribution in [0.1, 0.15) is 52.9 Å². The predicted molar refractivity (Wildman–Crippen MR) is 124 cm³/mol. The number of rotatable bonds is 4. The van der Waals surface area contributed by atoms with Gasteiger partial charge in [0.1, 0.15) is 31.0 Å². The molecule has 5 aliphatic rings. The first-order chi connectivity index (χ1) is 17.0. The fraction of sp³-hybridized carbons (Fsp3) is 0.885. The molecule has 3 heterocycles. The third-order valence-corrected chi connectivity index (χ3v) is 10.0. The summed E-state index contributed by atoms with van der Waals surface area (Å²) in [7, 11) is 0. The Kier molecular flexibility index (Phi) is 7.04. The summed E-state index contributed by atoms with van der Waals surface area (Å²) < 4.78 is 22.9. The lowest BCUT2D eigenvalue weighted by atomic mass is 9.44. The molecule has 5 rings (SSSR count). The molecule has 0 radical (unpaired) electrons. The molecule has 3 aliphatic heterocycles. The summed E-state index contributed by atoms with van der Waals surface area (Å²) in [5, 5.41) is 51.3. The molecule has 0 spiro atoms. The number of carbonyl (C=O) groups excluding carboxylic acids is 1. The smallest absolute Gasteiger partial charge is 0.336 e. The number of aliphatic hydroxyl groups excluding tert-OH is 5. The Balaban J connectivity index is 1.35. The monoisotopic (exact) mass is 512 g/mol. The molecule has 204 valence electrons. The average Bonchev–Trinajstić information content (AvgIpc) is 3.27. The summed E-state index contributed by atoms with van der Waals surface area (Å²) in [6, 6.07) is 0. The van der Waals surface area contributed by atoms with E-state index in [2.05, 4.69) is 20.8 Å². The van der Waals surface area contributed by atoms with Crippen LogP contribution >= 0.6 is 0 Å². The fourth-order valence-electron chi connectivity index (χ4n) is 8.02. The van der Waals surface area contributed by atoms with Crippen molar-refractivity contribution in [2.75, 3.05) is 13.2 Å². The summed E-state index contributed by atoms with van der Waals surface area (Å²) in [5.74, 6) is -0.0171. The lowest BCUT2D eigenvalue weighted by Gasteiger charge is -2.63. The maximum atomic E-state index is 12.2. The highest BCUT2D eigenvalue weighted by molar-refractivity contribution is 5.91. The summed E-state index contributed by atoms with van der Waals surface area (Å²) in [5.41, 5.74) is 0.0339. The largest absolute Gasteiger partial charge is 0.458 e. The van der Waals surface area contributed by atoms with Crippen LogP contribution in [0.5, 0.6) is 0 Å². The van der Waals surface area contributed by atoms with Crippen molar-refractivity contribution in [3.63, 3.8) is 0 Å². The summed E-state index contributed by atoms with van der Waals surface area (Å²) in [4.78, 5) is 12.2. The Hall–Kier alpha value is -1.11. The van der Waals surface area contributed by atoms with Gasteiger partial charge in [0.25, 0.3) is 0 Å². The number of aliphatic hydroxyl groups is 5. The van der Waals surface area contributed by atoms with Gasteiger partial charge in [-0.05, 0) is 60.8 Å². The van der Waals surface area contributed by atoms with Gasteiger partial charge >= 0.3 is 5.97 Å². The van der Waals surface area contributed by atoms with Crippen molar-refractivity contribution in [2.24, 2.45) is 28.6 Å². The molecular formula is C26H40O10. The first kappa shape index (κ1) is 26.5. The van der Waals surface area contributed by atoms with Crippen LogP contribution in [0.4, 0.5) is 0 Å². The van der Waals surface area contributed by atoms with Gasteiger partial charge in [0, 0.05) is 5.92 Å². The number of esters is 1. The highest BCUT2D eigenvalue weighted by atomic mass is 16.7. The van der Waals surface area contributed by atoms with Gasteiger partial charge in [-0.3, -0.25) is 0 Å². The van der Waals surface area contributed by atoms with Gasteiger partial charge in [-0.2, -0.15) is 0 Å². The Labute approximate surface area is 211 Å². The second kappa shape index (κ2) is 9.57. The lowest BCUT2D eigenvalue weighted by Crippen LogP contribution is -2.63. The SMILES string of the molecule is CC1(C)[C@@H](O[C@@H]2O[C@H](CO)[C@@H](O)[C@H](O)[C@H]2O)CC[C@]2(C)[C@H]3C[C@@H](C4=CCOC4=O)O[C@@H](O)[C@@H]3CC[C@@H]12. The van der Waals surface area contributed by atoms with E-state index in [-0.39, 0.29) is 47.3 Å². The maximum Gasteiger partial charge on any atom is 0.336 e. The van der Waals surface area contributed by atoms with E-state index in [1.807, 2.05) is 0 Å². The maximum absolute atomic E-state index is 12.2. The molecule has 0 aromatic carbocycles. The third kappa shape index (κ3) is 4.14. The molecule has 12 atom stereocenters. The van der Waals surface area contributed by atoms with Gasteiger partial charge in [-0.15, -0.1) is 0 Å². The van der Waals surface area contributed by atoms with Crippen LogP contribution in [0, 0.1) is 28.6 Å².